The lowest BCUT2D eigenvalue weighted by molar-refractivity contribution is 0.252. The predicted octanol–water partition coefficient (Wildman–Crippen LogP) is 4.47. The minimum atomic E-state index is -0.284. The Labute approximate surface area is 176 Å². The van der Waals surface area contributed by atoms with Crippen LogP contribution in [0.4, 0.5) is 16.3 Å². The Morgan fingerprint density at radius 2 is 1.90 bits per heavy atom. The number of anilines is 2. The maximum Gasteiger partial charge on any atom is 0.319 e. The van der Waals surface area contributed by atoms with E-state index in [1.165, 1.54) is 5.56 Å². The van der Waals surface area contributed by atoms with Crippen LogP contribution < -0.4 is 20.7 Å². The first-order valence-corrected chi connectivity index (χ1v) is 9.77. The summed E-state index contributed by atoms with van der Waals surface area (Å²) in [5, 5.41) is 19.0. The predicted molar refractivity (Wildman–Crippen MR) is 119 cm³/mol. The molecule has 0 aliphatic rings. The fourth-order valence-electron chi connectivity index (χ4n) is 2.99. The number of hydrogen-bond donors (Lipinski definition) is 3. The molecule has 0 aliphatic heterocycles. The number of nitrogens with zero attached hydrogens (tertiary/aromatic N) is 2. The van der Waals surface area contributed by atoms with Crippen molar-refractivity contribution in [2.45, 2.75) is 19.8 Å². The van der Waals surface area contributed by atoms with Crippen LogP contribution in [0.2, 0.25) is 0 Å². The van der Waals surface area contributed by atoms with Gasteiger partial charge in [0, 0.05) is 24.2 Å². The van der Waals surface area contributed by atoms with Crippen LogP contribution >= 0.6 is 0 Å². The number of aromatic nitrogens is 1. The van der Waals surface area contributed by atoms with Gasteiger partial charge in [-0.05, 0) is 47.9 Å². The van der Waals surface area contributed by atoms with Crippen LogP contribution in [-0.2, 0) is 0 Å². The van der Waals surface area contributed by atoms with E-state index in [-0.39, 0.29) is 6.03 Å². The highest BCUT2D eigenvalue weighted by Crippen LogP contribution is 2.24. The zero-order valence-electron chi connectivity index (χ0n) is 17.3. The largest absolute Gasteiger partial charge is 0.497 e. The Morgan fingerprint density at radius 3 is 2.57 bits per heavy atom. The van der Waals surface area contributed by atoms with Crippen LogP contribution in [0.25, 0.3) is 10.9 Å². The molecule has 0 saturated heterocycles. The van der Waals surface area contributed by atoms with Crippen LogP contribution in [0.5, 0.6) is 5.75 Å². The summed E-state index contributed by atoms with van der Waals surface area (Å²) in [6, 6.07) is 16.9. The van der Waals surface area contributed by atoms with Gasteiger partial charge < -0.3 is 20.7 Å². The van der Waals surface area contributed by atoms with E-state index in [9.17, 15) is 10.1 Å². The summed E-state index contributed by atoms with van der Waals surface area (Å²) in [6.45, 7) is 5.06. The lowest BCUT2D eigenvalue weighted by Crippen LogP contribution is -2.32. The summed E-state index contributed by atoms with van der Waals surface area (Å²) in [5.41, 5.74) is 3.15. The number of benzene rings is 2. The van der Waals surface area contributed by atoms with E-state index in [2.05, 4.69) is 40.9 Å². The van der Waals surface area contributed by atoms with Gasteiger partial charge in [-0.15, -0.1) is 0 Å². The van der Waals surface area contributed by atoms with Gasteiger partial charge in [-0.2, -0.15) is 5.26 Å². The summed E-state index contributed by atoms with van der Waals surface area (Å²) in [4.78, 5) is 16.6. The van der Waals surface area contributed by atoms with Gasteiger partial charge >= 0.3 is 6.03 Å². The molecule has 7 heteroatoms. The molecule has 154 valence electrons. The second-order valence-corrected chi connectivity index (χ2v) is 7.14. The first kappa shape index (κ1) is 20.9. The average molecular weight is 403 g/mol. The van der Waals surface area contributed by atoms with Crippen molar-refractivity contribution in [2.24, 2.45) is 0 Å². The van der Waals surface area contributed by atoms with E-state index >= 15 is 0 Å². The summed E-state index contributed by atoms with van der Waals surface area (Å²) < 4.78 is 5.21. The van der Waals surface area contributed by atoms with E-state index in [4.69, 9.17) is 4.74 Å². The van der Waals surface area contributed by atoms with Crippen LogP contribution in [-0.4, -0.2) is 31.2 Å². The number of nitrogens with one attached hydrogen (secondary N) is 3. The molecule has 0 radical (unpaired) electrons. The fraction of sp³-hybridized carbons (Fsp3) is 0.261. The van der Waals surface area contributed by atoms with Gasteiger partial charge in [0.25, 0.3) is 0 Å². The lowest BCUT2D eigenvalue weighted by Gasteiger charge is -2.11. The molecule has 0 bridgehead atoms. The molecule has 0 unspecified atom stereocenters. The van der Waals surface area contributed by atoms with Crippen molar-refractivity contribution in [3.05, 3.63) is 59.7 Å². The number of ether oxygens (including phenoxy) is 1. The lowest BCUT2D eigenvalue weighted by atomic mass is 10.0. The van der Waals surface area contributed by atoms with Gasteiger partial charge in [0.2, 0.25) is 0 Å². The van der Waals surface area contributed by atoms with Gasteiger partial charge in [0.15, 0.2) is 0 Å². The summed E-state index contributed by atoms with van der Waals surface area (Å²) >= 11 is 0. The molecule has 0 spiro atoms. The number of methoxy groups -OCH3 is 1. The van der Waals surface area contributed by atoms with E-state index in [0.717, 1.165) is 16.6 Å². The maximum atomic E-state index is 12.1. The van der Waals surface area contributed by atoms with Gasteiger partial charge in [-0.25, -0.2) is 9.78 Å². The first-order chi connectivity index (χ1) is 14.5. The summed E-state index contributed by atoms with van der Waals surface area (Å²) in [6.07, 6.45) is 0. The Bertz CT molecular complexity index is 1070. The molecular weight excluding hydrogens is 378 g/mol. The average Bonchev–Trinajstić information content (AvgIpc) is 2.76. The number of carbonyl (C=O) groups excluding carboxylic acids is 1. The van der Waals surface area contributed by atoms with Gasteiger partial charge in [-0.3, -0.25) is 0 Å². The molecule has 3 N–H and O–H groups in total. The van der Waals surface area contributed by atoms with E-state index in [1.807, 2.05) is 42.5 Å². The molecule has 0 fully saturated rings. The molecular formula is C23H25N5O2. The molecule has 0 atom stereocenters. The third kappa shape index (κ3) is 5.17. The van der Waals surface area contributed by atoms with Crippen molar-refractivity contribution >= 4 is 28.4 Å². The van der Waals surface area contributed by atoms with Crippen LogP contribution in [0, 0.1) is 11.3 Å². The number of pyridine rings is 1. The third-order valence-electron chi connectivity index (χ3n) is 4.68. The highest BCUT2D eigenvalue weighted by atomic mass is 16.5. The standard InChI is InChI=1S/C23H25N5O2/c1-15(2)16-4-6-19(7-5-16)27-23(29)26-11-10-25-22-18(14-24)12-17-13-20(30-3)8-9-21(17)28-22/h4-9,12-13,15H,10-11H2,1-3H3,(H,25,28)(H2,26,27,29). The minimum Gasteiger partial charge on any atom is -0.497 e. The number of hydrogen-bond acceptors (Lipinski definition) is 5. The van der Waals surface area contributed by atoms with Crippen LogP contribution in [0.1, 0.15) is 30.9 Å². The molecule has 30 heavy (non-hydrogen) atoms. The zero-order valence-corrected chi connectivity index (χ0v) is 17.3. The molecule has 2 amide bonds. The van der Waals surface area contributed by atoms with Crippen molar-refractivity contribution in [1.82, 2.24) is 10.3 Å². The number of rotatable bonds is 7. The Morgan fingerprint density at radius 1 is 1.13 bits per heavy atom. The van der Waals surface area contributed by atoms with Crippen LogP contribution in [0.3, 0.4) is 0 Å². The normalized spacial score (nSPS) is 10.5. The van der Waals surface area contributed by atoms with Crippen LogP contribution in [0.15, 0.2) is 48.5 Å². The van der Waals surface area contributed by atoms with Crippen molar-refractivity contribution in [3.63, 3.8) is 0 Å². The molecule has 0 aliphatic carbocycles. The summed E-state index contributed by atoms with van der Waals surface area (Å²) in [7, 11) is 1.60. The number of amides is 2. The molecule has 1 aromatic heterocycles. The Kier molecular flexibility index (Phi) is 6.71. The smallest absolute Gasteiger partial charge is 0.319 e. The maximum absolute atomic E-state index is 12.1. The molecule has 0 saturated carbocycles. The Hall–Kier alpha value is -3.79. The van der Waals surface area contributed by atoms with Gasteiger partial charge in [-0.1, -0.05) is 26.0 Å². The Balaban J connectivity index is 1.54. The van der Waals surface area contributed by atoms with Crippen molar-refractivity contribution in [3.8, 4) is 11.8 Å². The number of fused-ring (bicyclic) bond motifs is 1. The highest BCUT2D eigenvalue weighted by molar-refractivity contribution is 5.89. The fourth-order valence-corrected chi connectivity index (χ4v) is 2.99. The SMILES string of the molecule is COc1ccc2nc(NCCNC(=O)Nc3ccc(C(C)C)cc3)c(C#N)cc2c1. The number of carbonyl (C=O) groups is 1. The molecule has 1 heterocycles. The second kappa shape index (κ2) is 9.61. The molecule has 3 aromatic rings. The van der Waals surface area contributed by atoms with Gasteiger partial charge in [0.05, 0.1) is 18.2 Å². The van der Waals surface area contributed by atoms with E-state index in [1.54, 1.807) is 13.2 Å². The monoisotopic (exact) mass is 403 g/mol. The molecule has 3 rings (SSSR count). The topological polar surface area (TPSA) is 99.1 Å². The molecule has 7 nitrogen and oxygen atoms in total. The first-order valence-electron chi connectivity index (χ1n) is 9.77. The van der Waals surface area contributed by atoms with Crippen molar-refractivity contribution in [2.75, 3.05) is 30.8 Å². The number of nitriles is 1. The quantitative estimate of drug-likeness (QED) is 0.506. The molecule has 2 aromatic carbocycles. The minimum absolute atomic E-state index is 0.284. The summed E-state index contributed by atoms with van der Waals surface area (Å²) in [5.74, 6) is 1.65. The van der Waals surface area contributed by atoms with E-state index in [0.29, 0.717) is 36.1 Å². The number of urea groups is 1. The van der Waals surface area contributed by atoms with Gasteiger partial charge in [0.1, 0.15) is 17.6 Å². The zero-order chi connectivity index (χ0) is 21.5. The highest BCUT2D eigenvalue weighted by Gasteiger charge is 2.08. The second-order valence-electron chi connectivity index (χ2n) is 7.14. The third-order valence-corrected chi connectivity index (χ3v) is 4.68. The van der Waals surface area contributed by atoms with E-state index < -0.39 is 0 Å². The van der Waals surface area contributed by atoms with Crippen molar-refractivity contribution < 1.29 is 9.53 Å². The van der Waals surface area contributed by atoms with Crippen molar-refractivity contribution in [1.29, 1.82) is 5.26 Å².